The molecular weight excluding hydrogens is 265 g/mol. The van der Waals surface area contributed by atoms with E-state index in [0.29, 0.717) is 16.9 Å². The summed E-state index contributed by atoms with van der Waals surface area (Å²) in [6.45, 7) is 3.54. The van der Waals surface area contributed by atoms with Crippen LogP contribution in [0.4, 0.5) is 15.8 Å². The van der Waals surface area contributed by atoms with Crippen molar-refractivity contribution >= 4 is 23.0 Å². The van der Waals surface area contributed by atoms with E-state index in [0.717, 1.165) is 5.69 Å². The van der Waals surface area contributed by atoms with Crippen molar-refractivity contribution < 1.29 is 4.39 Å². The van der Waals surface area contributed by atoms with Gasteiger partial charge in [-0.3, -0.25) is 4.98 Å². The molecule has 3 nitrogen and oxygen atoms in total. The molecule has 96 valence electrons. The van der Waals surface area contributed by atoms with Gasteiger partial charge in [-0.1, -0.05) is 17.7 Å². The highest BCUT2D eigenvalue weighted by Gasteiger charge is 2.12. The van der Waals surface area contributed by atoms with E-state index < -0.39 is 5.82 Å². The van der Waals surface area contributed by atoms with Crippen LogP contribution in [0.2, 0.25) is 5.02 Å². The van der Waals surface area contributed by atoms with Crippen LogP contribution in [0.5, 0.6) is 0 Å². The first-order valence-electron chi connectivity index (χ1n) is 5.62. The number of nitrogens with zero attached hydrogens (tertiary/aromatic N) is 2. The molecular formula is C14H11ClFN3. The van der Waals surface area contributed by atoms with Gasteiger partial charge in [-0.15, -0.1) is 0 Å². The number of rotatable bonds is 2. The van der Waals surface area contributed by atoms with Gasteiger partial charge in [0.1, 0.15) is 11.9 Å². The maximum atomic E-state index is 13.7. The van der Waals surface area contributed by atoms with Gasteiger partial charge in [-0.25, -0.2) is 4.39 Å². The first-order valence-corrected chi connectivity index (χ1v) is 6.00. The van der Waals surface area contributed by atoms with E-state index in [9.17, 15) is 4.39 Å². The third-order valence-corrected chi connectivity index (χ3v) is 2.98. The zero-order valence-corrected chi connectivity index (χ0v) is 11.2. The van der Waals surface area contributed by atoms with E-state index >= 15 is 0 Å². The van der Waals surface area contributed by atoms with E-state index in [1.807, 2.05) is 6.92 Å². The van der Waals surface area contributed by atoms with Crippen molar-refractivity contribution in [3.05, 3.63) is 52.1 Å². The molecule has 0 saturated heterocycles. The molecule has 0 aliphatic rings. The van der Waals surface area contributed by atoms with Crippen LogP contribution in [0.15, 0.2) is 24.3 Å². The van der Waals surface area contributed by atoms with Crippen molar-refractivity contribution in [2.24, 2.45) is 0 Å². The predicted molar refractivity (Wildman–Crippen MR) is 73.1 cm³/mol. The summed E-state index contributed by atoms with van der Waals surface area (Å²) in [6, 6.07) is 8.16. The van der Waals surface area contributed by atoms with Crippen molar-refractivity contribution in [3.8, 4) is 6.07 Å². The van der Waals surface area contributed by atoms with Gasteiger partial charge in [0, 0.05) is 5.69 Å². The summed E-state index contributed by atoms with van der Waals surface area (Å²) in [4.78, 5) is 4.20. The third-order valence-electron chi connectivity index (χ3n) is 2.66. The van der Waals surface area contributed by atoms with Gasteiger partial charge >= 0.3 is 0 Å². The number of pyridine rings is 1. The summed E-state index contributed by atoms with van der Waals surface area (Å²) in [5, 5.41) is 12.3. The molecule has 0 atom stereocenters. The van der Waals surface area contributed by atoms with Crippen molar-refractivity contribution in [3.63, 3.8) is 0 Å². The van der Waals surface area contributed by atoms with Crippen LogP contribution in [-0.4, -0.2) is 4.98 Å². The summed E-state index contributed by atoms with van der Waals surface area (Å²) >= 11 is 5.95. The van der Waals surface area contributed by atoms with Crippen LogP contribution >= 0.6 is 11.6 Å². The second-order valence-electron chi connectivity index (χ2n) is 4.11. The fourth-order valence-corrected chi connectivity index (χ4v) is 2.03. The first kappa shape index (κ1) is 13.3. The number of aryl methyl sites for hydroxylation is 2. The molecule has 0 bridgehead atoms. The molecule has 0 aliphatic heterocycles. The van der Waals surface area contributed by atoms with Crippen molar-refractivity contribution in [1.82, 2.24) is 4.98 Å². The molecule has 2 aromatic rings. The fourth-order valence-electron chi connectivity index (χ4n) is 1.82. The summed E-state index contributed by atoms with van der Waals surface area (Å²) < 4.78 is 13.7. The van der Waals surface area contributed by atoms with E-state index in [2.05, 4.69) is 16.4 Å². The van der Waals surface area contributed by atoms with Gasteiger partial charge in [-0.2, -0.15) is 5.26 Å². The Morgan fingerprint density at radius 3 is 2.74 bits per heavy atom. The molecule has 0 fully saturated rings. The molecule has 5 heteroatoms. The van der Waals surface area contributed by atoms with E-state index in [1.54, 1.807) is 19.1 Å². The summed E-state index contributed by atoms with van der Waals surface area (Å²) in [5.74, 6) is -0.469. The number of anilines is 2. The Balaban J connectivity index is 2.53. The highest BCUT2D eigenvalue weighted by atomic mass is 35.5. The number of hydrogen-bond acceptors (Lipinski definition) is 3. The fraction of sp³-hybridized carbons (Fsp3) is 0.143. The maximum absolute atomic E-state index is 13.7. The lowest BCUT2D eigenvalue weighted by molar-refractivity contribution is 0.632. The van der Waals surface area contributed by atoms with E-state index in [4.69, 9.17) is 16.9 Å². The zero-order valence-electron chi connectivity index (χ0n) is 10.5. The Morgan fingerprint density at radius 1 is 1.37 bits per heavy atom. The molecule has 0 spiro atoms. The van der Waals surface area contributed by atoms with Crippen molar-refractivity contribution in [1.29, 1.82) is 5.26 Å². The van der Waals surface area contributed by atoms with Crippen LogP contribution in [0.1, 0.15) is 17.0 Å². The molecule has 0 unspecified atom stereocenters. The third kappa shape index (κ3) is 2.67. The smallest absolute Gasteiger partial charge is 0.148 e. The second kappa shape index (κ2) is 5.25. The molecule has 2 rings (SSSR count). The topological polar surface area (TPSA) is 48.7 Å². The number of halogens is 2. The van der Waals surface area contributed by atoms with Crippen LogP contribution in [0.25, 0.3) is 0 Å². The maximum Gasteiger partial charge on any atom is 0.148 e. The lowest BCUT2D eigenvalue weighted by Crippen LogP contribution is -2.01. The predicted octanol–water partition coefficient (Wildman–Crippen LogP) is 4.11. The normalized spacial score (nSPS) is 10.1. The SMILES string of the molecule is Cc1cc(Nc2c(F)cccc2Cl)c(C#N)c(C)n1. The highest BCUT2D eigenvalue weighted by molar-refractivity contribution is 6.33. The van der Waals surface area contributed by atoms with Crippen LogP contribution in [0.3, 0.4) is 0 Å². The largest absolute Gasteiger partial charge is 0.351 e. The quantitative estimate of drug-likeness (QED) is 0.897. The Bertz CT molecular complexity index is 657. The summed E-state index contributed by atoms with van der Waals surface area (Å²) in [7, 11) is 0. The van der Waals surface area contributed by atoms with Gasteiger partial charge in [-0.05, 0) is 32.0 Å². The second-order valence-corrected chi connectivity index (χ2v) is 4.51. The highest BCUT2D eigenvalue weighted by Crippen LogP contribution is 2.30. The summed E-state index contributed by atoms with van der Waals surface area (Å²) in [5.41, 5.74) is 2.37. The standard InChI is InChI=1S/C14H11ClFN3/c1-8-6-13(10(7-17)9(2)18-8)19-14-11(15)4-3-5-12(14)16/h3-6H,1-2H3,(H,18,19). The molecule has 19 heavy (non-hydrogen) atoms. The average molecular weight is 276 g/mol. The zero-order chi connectivity index (χ0) is 14.0. The minimum atomic E-state index is -0.469. The van der Waals surface area contributed by atoms with Gasteiger partial charge < -0.3 is 5.32 Å². The van der Waals surface area contributed by atoms with Gasteiger partial charge in [0.2, 0.25) is 0 Å². The molecule has 0 saturated carbocycles. The Morgan fingerprint density at radius 2 is 2.11 bits per heavy atom. The average Bonchev–Trinajstić information content (AvgIpc) is 2.33. The lowest BCUT2D eigenvalue weighted by Gasteiger charge is -2.12. The number of nitriles is 1. The molecule has 1 N–H and O–H groups in total. The molecule has 1 aromatic heterocycles. The number of hydrogen-bond donors (Lipinski definition) is 1. The minimum Gasteiger partial charge on any atom is -0.351 e. The number of nitrogens with one attached hydrogen (secondary N) is 1. The number of benzene rings is 1. The Labute approximate surface area is 115 Å². The molecule has 0 aliphatic carbocycles. The monoisotopic (exact) mass is 275 g/mol. The molecule has 1 heterocycles. The first-order chi connectivity index (χ1) is 9.02. The number of aromatic nitrogens is 1. The van der Waals surface area contributed by atoms with Crippen LogP contribution in [-0.2, 0) is 0 Å². The van der Waals surface area contributed by atoms with Gasteiger partial charge in [0.05, 0.1) is 27.7 Å². The van der Waals surface area contributed by atoms with Crippen molar-refractivity contribution in [2.75, 3.05) is 5.32 Å². The van der Waals surface area contributed by atoms with E-state index in [1.165, 1.54) is 12.1 Å². The van der Waals surface area contributed by atoms with Gasteiger partial charge in [0.15, 0.2) is 0 Å². The van der Waals surface area contributed by atoms with Crippen LogP contribution in [0, 0.1) is 31.0 Å². The summed E-state index contributed by atoms with van der Waals surface area (Å²) in [6.07, 6.45) is 0. The van der Waals surface area contributed by atoms with Crippen molar-refractivity contribution in [2.45, 2.75) is 13.8 Å². The Hall–Kier alpha value is -2.12. The lowest BCUT2D eigenvalue weighted by atomic mass is 10.1. The van der Waals surface area contributed by atoms with E-state index in [-0.39, 0.29) is 10.7 Å². The number of para-hydroxylation sites is 1. The van der Waals surface area contributed by atoms with Gasteiger partial charge in [0.25, 0.3) is 0 Å². The minimum absolute atomic E-state index is 0.158. The molecule has 0 radical (unpaired) electrons. The molecule has 0 amide bonds. The Kier molecular flexibility index (Phi) is 3.68. The molecule has 1 aromatic carbocycles. The van der Waals surface area contributed by atoms with Crippen LogP contribution < -0.4 is 5.32 Å².